The van der Waals surface area contributed by atoms with Crippen molar-refractivity contribution in [2.45, 2.75) is 210 Å². The summed E-state index contributed by atoms with van der Waals surface area (Å²) in [5, 5.41) is 80.9. The van der Waals surface area contributed by atoms with Crippen LogP contribution >= 0.6 is 0 Å². The molecular formula is C58H91N13O21. The standard InChI is InChI=1S/C58H91N13O21/c1-7-29(4)46(55(88)70-47(31(6)73)56(89)64-34(18-21-40(60)74)49(82)67-38(58(91)92)26-32-14-9-8-10-15-32)69-50(83)35(19-22-41(75)76)62-51(84)37(27-43(79)80)66-54(87)45(28(2)3)68-52(85)39-17-13-25-71(39)57(90)36(20-23-42(77)78)65-48(81)33(16-11-12-24-59)63-53(86)44(61)30(5)72/h8-10,14-15,28-31,33-39,44-47,72-73H,7,11-13,16-27,59,61H2,1-6H3,(H2,60,74)(H,62,84)(H,63,86)(H,64,89)(H,65,81)(H,66,87)(H,67,82)(H,68,85)(H,69,83)(H,70,88)(H,75,76)(H,77,78)(H,79,80)(H,91,92)/t29-,30+,31+,33-,34-,35-,36-,37-,38-,39-,44-,45-,46-,47-/m0/s1. The van der Waals surface area contributed by atoms with E-state index in [2.05, 4.69) is 47.9 Å². The number of amides is 11. The summed E-state index contributed by atoms with van der Waals surface area (Å²) in [7, 11) is 0. The monoisotopic (exact) mass is 1310 g/mol. The van der Waals surface area contributed by atoms with E-state index in [4.69, 9.17) is 17.2 Å². The first-order chi connectivity index (χ1) is 43.1. The summed E-state index contributed by atoms with van der Waals surface area (Å²) >= 11 is 0. The molecular weight excluding hydrogens is 1210 g/mol. The van der Waals surface area contributed by atoms with Gasteiger partial charge in [0, 0.05) is 32.2 Å². The van der Waals surface area contributed by atoms with E-state index in [1.165, 1.54) is 27.7 Å². The highest BCUT2D eigenvalue weighted by atomic mass is 16.4. The molecule has 0 saturated carbocycles. The molecule has 1 saturated heterocycles. The zero-order valence-electron chi connectivity index (χ0n) is 52.3. The zero-order valence-corrected chi connectivity index (χ0v) is 52.3. The minimum atomic E-state index is -2.06. The third-order valence-corrected chi connectivity index (χ3v) is 15.1. The van der Waals surface area contributed by atoms with E-state index in [9.17, 15) is 103 Å². The Bertz CT molecular complexity index is 2750. The van der Waals surface area contributed by atoms with Crippen LogP contribution in [0.4, 0.5) is 0 Å². The Balaban J connectivity index is 2.41. The number of primary amides is 1. The molecule has 92 heavy (non-hydrogen) atoms. The number of rotatable bonds is 42. The fraction of sp³-hybridized carbons (Fsp3) is 0.638. The van der Waals surface area contributed by atoms with Gasteiger partial charge in [-0.25, -0.2) is 4.79 Å². The normalized spacial score (nSPS) is 17.1. The van der Waals surface area contributed by atoms with Crippen LogP contribution in [0.15, 0.2) is 30.3 Å². The minimum Gasteiger partial charge on any atom is -0.481 e. The number of benzene rings is 1. The first-order valence-electron chi connectivity index (χ1n) is 30.2. The fourth-order valence-electron chi connectivity index (χ4n) is 9.53. The Kier molecular flexibility index (Phi) is 33.9. The number of nitrogens with zero attached hydrogens (tertiary/aromatic N) is 1. The summed E-state index contributed by atoms with van der Waals surface area (Å²) in [6, 6.07) is -9.80. The Hall–Kier alpha value is -8.89. The molecule has 0 bridgehead atoms. The maximum Gasteiger partial charge on any atom is 0.326 e. The summed E-state index contributed by atoms with van der Waals surface area (Å²) < 4.78 is 0. The van der Waals surface area contributed by atoms with Gasteiger partial charge in [0.25, 0.3) is 0 Å². The van der Waals surface area contributed by atoms with Gasteiger partial charge in [0.2, 0.25) is 65.0 Å². The van der Waals surface area contributed by atoms with Crippen molar-refractivity contribution in [3.63, 3.8) is 0 Å². The molecule has 0 aromatic heterocycles. The minimum absolute atomic E-state index is 0.00365. The van der Waals surface area contributed by atoms with Gasteiger partial charge in [-0.2, -0.15) is 0 Å². The number of aliphatic hydroxyl groups is 2. The molecule has 514 valence electrons. The Morgan fingerprint density at radius 1 is 0.533 bits per heavy atom. The van der Waals surface area contributed by atoms with Crippen molar-refractivity contribution in [3.8, 4) is 0 Å². The van der Waals surface area contributed by atoms with E-state index in [1.807, 2.05) is 0 Å². The van der Waals surface area contributed by atoms with Gasteiger partial charge in [-0.15, -0.1) is 0 Å². The van der Waals surface area contributed by atoms with Crippen molar-refractivity contribution < 1.29 is 103 Å². The van der Waals surface area contributed by atoms with Crippen molar-refractivity contribution in [1.29, 1.82) is 0 Å². The Morgan fingerprint density at radius 3 is 1.51 bits per heavy atom. The third-order valence-electron chi connectivity index (χ3n) is 15.1. The lowest BCUT2D eigenvalue weighted by molar-refractivity contribution is -0.144. The Labute approximate surface area is 530 Å². The average Bonchev–Trinajstić information content (AvgIpc) is 1.55. The molecule has 0 unspecified atom stereocenters. The molecule has 34 heteroatoms. The predicted octanol–water partition coefficient (Wildman–Crippen LogP) is -4.94. The average molecular weight is 1310 g/mol. The molecule has 0 aliphatic carbocycles. The maximum absolute atomic E-state index is 14.3. The molecule has 14 atom stereocenters. The number of carbonyl (C=O) groups is 15. The predicted molar refractivity (Wildman–Crippen MR) is 323 cm³/mol. The van der Waals surface area contributed by atoms with Gasteiger partial charge in [-0.3, -0.25) is 67.1 Å². The van der Waals surface area contributed by atoms with Crippen LogP contribution < -0.4 is 65.1 Å². The van der Waals surface area contributed by atoms with Gasteiger partial charge in [0.1, 0.15) is 66.5 Å². The highest BCUT2D eigenvalue weighted by Crippen LogP contribution is 2.22. The van der Waals surface area contributed by atoms with Gasteiger partial charge < -0.3 is 101 Å². The molecule has 34 nitrogen and oxygen atoms in total. The third kappa shape index (κ3) is 26.9. The van der Waals surface area contributed by atoms with E-state index in [-0.39, 0.29) is 45.2 Å². The van der Waals surface area contributed by atoms with Crippen molar-refractivity contribution in [2.75, 3.05) is 13.1 Å². The fourth-order valence-corrected chi connectivity index (χ4v) is 9.53. The zero-order chi connectivity index (χ0) is 69.7. The van der Waals surface area contributed by atoms with Crippen LogP contribution in [0.1, 0.15) is 131 Å². The number of aliphatic carboxylic acids is 4. The lowest BCUT2D eigenvalue weighted by Gasteiger charge is -2.31. The van der Waals surface area contributed by atoms with E-state index >= 15 is 0 Å². The van der Waals surface area contributed by atoms with Crippen molar-refractivity contribution in [1.82, 2.24) is 52.8 Å². The number of aliphatic hydroxyl groups excluding tert-OH is 2. The summed E-state index contributed by atoms with van der Waals surface area (Å²) in [6.07, 6.45) is -6.95. The summed E-state index contributed by atoms with van der Waals surface area (Å²) in [4.78, 5) is 200. The molecule has 1 aliphatic rings. The van der Waals surface area contributed by atoms with Crippen LogP contribution in [-0.2, 0) is 78.3 Å². The van der Waals surface area contributed by atoms with Gasteiger partial charge in [0.15, 0.2) is 0 Å². The number of nitrogens with two attached hydrogens (primary N) is 3. The molecule has 21 N–H and O–H groups in total. The topological polar surface area (TPSA) is 567 Å². The van der Waals surface area contributed by atoms with E-state index in [0.717, 1.165) is 11.8 Å². The van der Waals surface area contributed by atoms with Gasteiger partial charge >= 0.3 is 23.9 Å². The van der Waals surface area contributed by atoms with Crippen LogP contribution in [0.5, 0.6) is 0 Å². The van der Waals surface area contributed by atoms with Crippen LogP contribution in [-0.4, -0.2) is 216 Å². The van der Waals surface area contributed by atoms with Crippen molar-refractivity contribution in [3.05, 3.63) is 35.9 Å². The number of carbonyl (C=O) groups excluding carboxylic acids is 11. The molecule has 0 spiro atoms. The molecule has 1 aromatic carbocycles. The Morgan fingerprint density at radius 2 is 1.00 bits per heavy atom. The number of hydrogen-bond donors (Lipinski definition) is 18. The molecule has 1 aromatic rings. The molecule has 1 aliphatic heterocycles. The molecule has 0 radical (unpaired) electrons. The molecule has 2 rings (SSSR count). The summed E-state index contributed by atoms with van der Waals surface area (Å²) in [6.45, 7) is 8.46. The second-order valence-electron chi connectivity index (χ2n) is 22.9. The van der Waals surface area contributed by atoms with E-state index in [1.54, 1.807) is 37.3 Å². The van der Waals surface area contributed by atoms with E-state index in [0.29, 0.717) is 18.4 Å². The second kappa shape index (κ2) is 39.4. The maximum atomic E-state index is 14.3. The van der Waals surface area contributed by atoms with Crippen LogP contribution in [0.25, 0.3) is 0 Å². The molecule has 1 fully saturated rings. The lowest BCUT2D eigenvalue weighted by Crippen LogP contribution is -2.63. The number of carboxylic acid groups (broad SMARTS) is 4. The number of hydrogen-bond acceptors (Lipinski definition) is 19. The smallest absolute Gasteiger partial charge is 0.326 e. The van der Waals surface area contributed by atoms with Gasteiger partial charge in [-0.05, 0) is 89.2 Å². The second-order valence-corrected chi connectivity index (χ2v) is 22.9. The van der Waals surface area contributed by atoms with Gasteiger partial charge in [-0.1, -0.05) is 64.4 Å². The summed E-state index contributed by atoms with van der Waals surface area (Å²) in [5.41, 5.74) is 17.2. The first kappa shape index (κ1) is 79.2. The molecule has 1 heterocycles. The molecule has 11 amide bonds. The number of unbranched alkanes of at least 4 members (excludes halogenated alkanes) is 1. The number of likely N-dealkylation sites (tertiary alicyclic amines) is 1. The quantitative estimate of drug-likeness (QED) is 0.0273. The van der Waals surface area contributed by atoms with Crippen LogP contribution in [0.3, 0.4) is 0 Å². The first-order valence-corrected chi connectivity index (χ1v) is 30.2. The van der Waals surface area contributed by atoms with Crippen LogP contribution in [0, 0.1) is 11.8 Å². The van der Waals surface area contributed by atoms with Crippen molar-refractivity contribution in [2.24, 2.45) is 29.0 Å². The summed E-state index contributed by atoms with van der Waals surface area (Å²) in [5.74, 6) is -19.4. The van der Waals surface area contributed by atoms with E-state index < -0.39 is 224 Å². The van der Waals surface area contributed by atoms with Gasteiger partial charge in [0.05, 0.1) is 18.6 Å². The highest BCUT2D eigenvalue weighted by Gasteiger charge is 2.42. The highest BCUT2D eigenvalue weighted by molar-refractivity contribution is 6.00. The lowest BCUT2D eigenvalue weighted by atomic mass is 9.96. The van der Waals surface area contributed by atoms with Crippen LogP contribution in [0.2, 0.25) is 0 Å². The number of carboxylic acids is 4. The SMILES string of the molecule is CC[C@H](C)[C@H](NC(=O)[C@H](CCC(=O)O)NC(=O)[C@H](CC(=O)O)NC(=O)[C@@H](NC(=O)[C@@H]1CCCN1C(=O)[C@H](CCC(=O)O)NC(=O)[C@H](CCCCN)NC(=O)[C@@H](N)[C@@H](C)O)C(C)C)C(=O)N[C@H](C(=O)N[C@@H](CCC(N)=O)C(=O)N[C@@H](Cc1ccccc1)C(=O)O)[C@@H](C)O. The van der Waals surface area contributed by atoms with Crippen molar-refractivity contribution >= 4 is 88.9 Å². The number of nitrogens with one attached hydrogen (secondary N) is 9. The largest absolute Gasteiger partial charge is 0.481 e.